The minimum absolute atomic E-state index is 0.0678. The predicted octanol–water partition coefficient (Wildman–Crippen LogP) is 2.73. The Labute approximate surface area is 126 Å². The second-order valence-corrected chi connectivity index (χ2v) is 5.42. The lowest BCUT2D eigenvalue weighted by atomic mass is 9.97. The summed E-state index contributed by atoms with van der Waals surface area (Å²) < 4.78 is 1.86. The Bertz CT molecular complexity index is 570. The summed E-state index contributed by atoms with van der Waals surface area (Å²) in [7, 11) is 4.04. The van der Waals surface area contributed by atoms with Crippen LogP contribution in [0.15, 0.2) is 24.3 Å². The minimum Gasteiger partial charge on any atom is -0.390 e. The van der Waals surface area contributed by atoms with Crippen LogP contribution in [0.5, 0.6) is 0 Å². The fourth-order valence-corrected chi connectivity index (χ4v) is 2.60. The van der Waals surface area contributed by atoms with Crippen LogP contribution in [-0.2, 0) is 6.61 Å². The van der Waals surface area contributed by atoms with Crippen molar-refractivity contribution in [3.63, 3.8) is 0 Å². The van der Waals surface area contributed by atoms with E-state index in [0.29, 0.717) is 11.6 Å². The Morgan fingerprint density at radius 3 is 2.24 bits per heavy atom. The average Bonchev–Trinajstić information content (AvgIpc) is 2.92. The van der Waals surface area contributed by atoms with E-state index in [1.54, 1.807) is 0 Å². The van der Waals surface area contributed by atoms with Gasteiger partial charge in [-0.05, 0) is 37.1 Å². The summed E-state index contributed by atoms with van der Waals surface area (Å²) in [5, 5.41) is 17.9. The number of nitrogens with zero attached hydrogens (tertiary/aromatic N) is 4. The van der Waals surface area contributed by atoms with Crippen molar-refractivity contribution in [2.45, 2.75) is 39.2 Å². The molecule has 1 N–H and O–H groups in total. The molecular formula is C16H24N4O. The molecule has 2 rings (SSSR count). The highest BCUT2D eigenvalue weighted by atomic mass is 16.3. The molecule has 0 spiro atoms. The number of aliphatic hydroxyl groups is 1. The van der Waals surface area contributed by atoms with E-state index < -0.39 is 0 Å². The Balaban J connectivity index is 2.46. The second kappa shape index (κ2) is 6.72. The van der Waals surface area contributed by atoms with E-state index >= 15 is 0 Å². The molecule has 1 aromatic carbocycles. The van der Waals surface area contributed by atoms with Crippen LogP contribution in [0.2, 0.25) is 0 Å². The molecule has 0 saturated heterocycles. The molecule has 0 saturated carbocycles. The van der Waals surface area contributed by atoms with E-state index in [4.69, 9.17) is 0 Å². The van der Waals surface area contributed by atoms with Gasteiger partial charge in [-0.1, -0.05) is 19.1 Å². The minimum atomic E-state index is -0.0678. The predicted molar refractivity (Wildman–Crippen MR) is 84.9 cm³/mol. The third-order valence-electron chi connectivity index (χ3n) is 3.91. The zero-order valence-electron chi connectivity index (χ0n) is 13.2. The SMILES string of the molecule is CCC(CC)c1c(CO)nnn1-c1ccc(N(C)C)cc1. The molecule has 0 unspecified atom stereocenters. The monoisotopic (exact) mass is 288 g/mol. The van der Waals surface area contributed by atoms with E-state index in [-0.39, 0.29) is 6.61 Å². The van der Waals surface area contributed by atoms with Crippen LogP contribution in [0, 0.1) is 0 Å². The Hall–Kier alpha value is -1.88. The van der Waals surface area contributed by atoms with E-state index in [1.165, 1.54) is 0 Å². The lowest BCUT2D eigenvalue weighted by Crippen LogP contribution is -2.10. The number of hydrogen-bond donors (Lipinski definition) is 1. The van der Waals surface area contributed by atoms with Gasteiger partial charge in [0.15, 0.2) is 0 Å². The number of aromatic nitrogens is 3. The Kier molecular flexibility index (Phi) is 4.96. The number of aliphatic hydroxyl groups excluding tert-OH is 1. The molecule has 0 aliphatic rings. The van der Waals surface area contributed by atoms with Gasteiger partial charge in [0.1, 0.15) is 5.69 Å². The largest absolute Gasteiger partial charge is 0.390 e. The van der Waals surface area contributed by atoms with E-state index in [1.807, 2.05) is 30.9 Å². The first-order chi connectivity index (χ1) is 10.1. The van der Waals surface area contributed by atoms with Gasteiger partial charge in [0.2, 0.25) is 0 Å². The fourth-order valence-electron chi connectivity index (χ4n) is 2.60. The summed E-state index contributed by atoms with van der Waals surface area (Å²) in [5.74, 6) is 0.357. The maximum atomic E-state index is 9.51. The van der Waals surface area contributed by atoms with Crippen molar-refractivity contribution in [3.05, 3.63) is 35.7 Å². The smallest absolute Gasteiger partial charge is 0.112 e. The molecule has 0 bridgehead atoms. The lowest BCUT2D eigenvalue weighted by Gasteiger charge is -2.17. The van der Waals surface area contributed by atoms with Gasteiger partial charge in [0.25, 0.3) is 0 Å². The van der Waals surface area contributed by atoms with Crippen molar-refractivity contribution in [1.82, 2.24) is 15.0 Å². The highest BCUT2D eigenvalue weighted by Gasteiger charge is 2.20. The third-order valence-corrected chi connectivity index (χ3v) is 3.91. The summed E-state index contributed by atoms with van der Waals surface area (Å²) in [6, 6.07) is 8.20. The Morgan fingerprint density at radius 1 is 1.14 bits per heavy atom. The van der Waals surface area contributed by atoms with Crippen LogP contribution < -0.4 is 4.90 Å². The van der Waals surface area contributed by atoms with Gasteiger partial charge in [-0.15, -0.1) is 5.10 Å². The molecule has 2 aromatic rings. The molecule has 5 heteroatoms. The topological polar surface area (TPSA) is 54.2 Å². The standard InChI is InChI=1S/C16H24N4O/c1-5-12(6-2)16-15(11-21)17-18-20(16)14-9-7-13(8-10-14)19(3)4/h7-10,12,21H,5-6,11H2,1-4H3. The molecule has 114 valence electrons. The maximum absolute atomic E-state index is 9.51. The second-order valence-electron chi connectivity index (χ2n) is 5.42. The molecule has 0 amide bonds. The van der Waals surface area contributed by atoms with Crippen molar-refractivity contribution in [2.75, 3.05) is 19.0 Å². The van der Waals surface area contributed by atoms with Crippen molar-refractivity contribution in [3.8, 4) is 5.69 Å². The highest BCUT2D eigenvalue weighted by molar-refractivity contribution is 5.50. The molecular weight excluding hydrogens is 264 g/mol. The molecule has 0 fully saturated rings. The van der Waals surface area contributed by atoms with Crippen LogP contribution >= 0.6 is 0 Å². The summed E-state index contributed by atoms with van der Waals surface area (Å²) >= 11 is 0. The van der Waals surface area contributed by atoms with Crippen LogP contribution in [0.1, 0.15) is 44.0 Å². The van der Waals surface area contributed by atoms with E-state index in [0.717, 1.165) is 29.9 Å². The number of benzene rings is 1. The van der Waals surface area contributed by atoms with E-state index in [2.05, 4.69) is 41.2 Å². The van der Waals surface area contributed by atoms with Gasteiger partial charge in [0, 0.05) is 25.7 Å². The number of anilines is 1. The number of hydrogen-bond acceptors (Lipinski definition) is 4. The van der Waals surface area contributed by atoms with Crippen molar-refractivity contribution >= 4 is 5.69 Å². The normalized spacial score (nSPS) is 11.1. The van der Waals surface area contributed by atoms with Crippen LogP contribution in [0.4, 0.5) is 5.69 Å². The van der Waals surface area contributed by atoms with Gasteiger partial charge >= 0.3 is 0 Å². The Morgan fingerprint density at radius 2 is 1.76 bits per heavy atom. The van der Waals surface area contributed by atoms with Gasteiger partial charge in [0.05, 0.1) is 18.0 Å². The molecule has 1 heterocycles. The first kappa shape index (κ1) is 15.5. The molecule has 21 heavy (non-hydrogen) atoms. The van der Waals surface area contributed by atoms with Crippen LogP contribution in [0.3, 0.4) is 0 Å². The summed E-state index contributed by atoms with van der Waals surface area (Å²) in [5.41, 5.74) is 3.83. The summed E-state index contributed by atoms with van der Waals surface area (Å²) in [4.78, 5) is 2.06. The summed E-state index contributed by atoms with van der Waals surface area (Å²) in [6.45, 7) is 4.24. The quantitative estimate of drug-likeness (QED) is 0.888. The molecule has 0 aliphatic carbocycles. The first-order valence-electron chi connectivity index (χ1n) is 7.45. The molecule has 0 atom stereocenters. The van der Waals surface area contributed by atoms with Crippen molar-refractivity contribution in [2.24, 2.45) is 0 Å². The first-order valence-corrected chi connectivity index (χ1v) is 7.45. The molecule has 0 radical (unpaired) electrons. The third kappa shape index (κ3) is 3.08. The van der Waals surface area contributed by atoms with E-state index in [9.17, 15) is 5.11 Å². The van der Waals surface area contributed by atoms with Crippen LogP contribution in [0.25, 0.3) is 5.69 Å². The van der Waals surface area contributed by atoms with Gasteiger partial charge < -0.3 is 10.0 Å². The highest BCUT2D eigenvalue weighted by Crippen LogP contribution is 2.28. The van der Waals surface area contributed by atoms with Gasteiger partial charge in [-0.25, -0.2) is 4.68 Å². The van der Waals surface area contributed by atoms with Gasteiger partial charge in [-0.3, -0.25) is 0 Å². The van der Waals surface area contributed by atoms with Crippen molar-refractivity contribution in [1.29, 1.82) is 0 Å². The lowest BCUT2D eigenvalue weighted by molar-refractivity contribution is 0.274. The fraction of sp³-hybridized carbons (Fsp3) is 0.500. The molecule has 5 nitrogen and oxygen atoms in total. The number of rotatable bonds is 6. The zero-order valence-corrected chi connectivity index (χ0v) is 13.2. The van der Waals surface area contributed by atoms with Crippen molar-refractivity contribution < 1.29 is 5.11 Å². The average molecular weight is 288 g/mol. The maximum Gasteiger partial charge on any atom is 0.112 e. The zero-order chi connectivity index (χ0) is 15.4. The molecule has 1 aromatic heterocycles. The molecule has 0 aliphatic heterocycles. The van der Waals surface area contributed by atoms with Gasteiger partial charge in [-0.2, -0.15) is 0 Å². The van der Waals surface area contributed by atoms with Crippen LogP contribution in [-0.4, -0.2) is 34.2 Å². The summed E-state index contributed by atoms with van der Waals surface area (Å²) in [6.07, 6.45) is 2.01.